The number of imide groups is 1. The second-order valence-electron chi connectivity index (χ2n) is 4.13. The highest BCUT2D eigenvalue weighted by molar-refractivity contribution is 6.09. The van der Waals surface area contributed by atoms with E-state index in [2.05, 4.69) is 0 Å². The normalized spacial score (nSPS) is 14.4. The zero-order valence-electron chi connectivity index (χ0n) is 10.2. The maximum absolute atomic E-state index is 12.1. The second-order valence-corrected chi connectivity index (χ2v) is 4.13. The molecule has 6 nitrogen and oxygen atoms in total. The predicted molar refractivity (Wildman–Crippen MR) is 64.6 cm³/mol. The number of ether oxygens (including phenoxy) is 1. The molecule has 1 aromatic carbocycles. The average Bonchev–Trinajstić information content (AvgIpc) is 2.37. The van der Waals surface area contributed by atoms with Gasteiger partial charge in [0, 0.05) is 5.56 Å². The highest BCUT2D eigenvalue weighted by atomic mass is 16.5. The van der Waals surface area contributed by atoms with Crippen molar-refractivity contribution in [1.82, 2.24) is 4.90 Å². The highest BCUT2D eigenvalue weighted by Crippen LogP contribution is 2.19. The SMILES string of the molecule is O=C(O)COCCN1C(=O)Cc2ccccc2C1=O. The Labute approximate surface area is 109 Å². The summed E-state index contributed by atoms with van der Waals surface area (Å²) in [4.78, 5) is 35.3. The Morgan fingerprint density at radius 3 is 2.79 bits per heavy atom. The summed E-state index contributed by atoms with van der Waals surface area (Å²) in [6.45, 7) is -0.349. The van der Waals surface area contributed by atoms with E-state index in [1.165, 1.54) is 0 Å². The number of carboxylic acids is 1. The smallest absolute Gasteiger partial charge is 0.329 e. The van der Waals surface area contributed by atoms with Gasteiger partial charge in [0.15, 0.2) is 0 Å². The van der Waals surface area contributed by atoms with Crippen LogP contribution in [-0.4, -0.2) is 47.5 Å². The molecule has 1 heterocycles. The maximum Gasteiger partial charge on any atom is 0.329 e. The Morgan fingerprint density at radius 2 is 2.05 bits per heavy atom. The number of carboxylic acid groups (broad SMARTS) is 1. The van der Waals surface area contributed by atoms with Crippen LogP contribution >= 0.6 is 0 Å². The third-order valence-corrected chi connectivity index (χ3v) is 2.82. The van der Waals surface area contributed by atoms with Crippen molar-refractivity contribution < 1.29 is 24.2 Å². The van der Waals surface area contributed by atoms with Crippen LogP contribution in [0, 0.1) is 0 Å². The number of amides is 2. The molecule has 0 fully saturated rings. The number of hydrogen-bond donors (Lipinski definition) is 1. The first-order valence-electron chi connectivity index (χ1n) is 5.81. The molecule has 6 heteroatoms. The topological polar surface area (TPSA) is 83.9 Å². The van der Waals surface area contributed by atoms with Gasteiger partial charge in [0.05, 0.1) is 19.6 Å². The van der Waals surface area contributed by atoms with Crippen LogP contribution in [0.3, 0.4) is 0 Å². The Bertz CT molecular complexity index is 526. The van der Waals surface area contributed by atoms with Crippen LogP contribution in [0.4, 0.5) is 0 Å². The summed E-state index contributed by atoms with van der Waals surface area (Å²) in [7, 11) is 0. The predicted octanol–water partition coefficient (Wildman–Crippen LogP) is 0.313. The van der Waals surface area contributed by atoms with Gasteiger partial charge in [-0.3, -0.25) is 14.5 Å². The van der Waals surface area contributed by atoms with Gasteiger partial charge < -0.3 is 9.84 Å². The van der Waals surface area contributed by atoms with E-state index in [1.807, 2.05) is 0 Å². The number of benzene rings is 1. The number of carbonyl (C=O) groups is 3. The first-order chi connectivity index (χ1) is 9.09. The molecule has 100 valence electrons. The molecule has 0 aliphatic carbocycles. The summed E-state index contributed by atoms with van der Waals surface area (Å²) in [5.41, 5.74) is 1.24. The number of nitrogens with zero attached hydrogens (tertiary/aromatic N) is 1. The van der Waals surface area contributed by atoms with Crippen molar-refractivity contribution in [2.75, 3.05) is 19.8 Å². The van der Waals surface area contributed by atoms with Crippen molar-refractivity contribution >= 4 is 17.8 Å². The lowest BCUT2D eigenvalue weighted by Gasteiger charge is -2.26. The first-order valence-corrected chi connectivity index (χ1v) is 5.81. The number of carbonyl (C=O) groups excluding carboxylic acids is 2. The molecule has 1 aliphatic rings. The fourth-order valence-electron chi connectivity index (χ4n) is 1.94. The standard InChI is InChI=1S/C13H13NO5/c15-11-7-9-3-1-2-4-10(9)13(18)14(11)5-6-19-8-12(16)17/h1-4H,5-8H2,(H,16,17). The summed E-state index contributed by atoms with van der Waals surface area (Å²) in [5, 5.41) is 8.41. The van der Waals surface area contributed by atoms with E-state index >= 15 is 0 Å². The lowest BCUT2D eigenvalue weighted by Crippen LogP contribution is -2.44. The van der Waals surface area contributed by atoms with E-state index < -0.39 is 12.6 Å². The summed E-state index contributed by atoms with van der Waals surface area (Å²) >= 11 is 0. The lowest BCUT2D eigenvalue weighted by atomic mass is 9.99. The van der Waals surface area contributed by atoms with Gasteiger partial charge in [-0.15, -0.1) is 0 Å². The van der Waals surface area contributed by atoms with Crippen LogP contribution < -0.4 is 0 Å². The quantitative estimate of drug-likeness (QED) is 0.610. The van der Waals surface area contributed by atoms with Crippen LogP contribution in [0.2, 0.25) is 0 Å². The molecule has 0 bridgehead atoms. The van der Waals surface area contributed by atoms with E-state index in [1.54, 1.807) is 24.3 Å². The van der Waals surface area contributed by atoms with E-state index in [-0.39, 0.29) is 31.4 Å². The van der Waals surface area contributed by atoms with E-state index in [0.29, 0.717) is 5.56 Å². The van der Waals surface area contributed by atoms with Crippen molar-refractivity contribution in [3.05, 3.63) is 35.4 Å². The largest absolute Gasteiger partial charge is 0.480 e. The van der Waals surface area contributed by atoms with Gasteiger partial charge in [-0.05, 0) is 11.6 Å². The Hall–Kier alpha value is -2.21. The molecule has 0 spiro atoms. The summed E-state index contributed by atoms with van der Waals surface area (Å²) in [5.74, 6) is -1.73. The molecule has 0 atom stereocenters. The molecule has 19 heavy (non-hydrogen) atoms. The zero-order chi connectivity index (χ0) is 13.8. The molecule has 0 unspecified atom stereocenters. The molecule has 0 saturated carbocycles. The zero-order valence-corrected chi connectivity index (χ0v) is 10.2. The van der Waals surface area contributed by atoms with E-state index in [4.69, 9.17) is 9.84 Å². The molecule has 2 amide bonds. The van der Waals surface area contributed by atoms with Gasteiger partial charge in [-0.1, -0.05) is 18.2 Å². The van der Waals surface area contributed by atoms with Gasteiger partial charge in [0.2, 0.25) is 5.91 Å². The van der Waals surface area contributed by atoms with Crippen LogP contribution in [-0.2, 0) is 20.7 Å². The highest BCUT2D eigenvalue weighted by Gasteiger charge is 2.30. The minimum Gasteiger partial charge on any atom is -0.480 e. The number of rotatable bonds is 5. The molecular weight excluding hydrogens is 250 g/mol. The molecule has 2 rings (SSSR count). The third-order valence-electron chi connectivity index (χ3n) is 2.82. The molecular formula is C13H13NO5. The van der Waals surface area contributed by atoms with Gasteiger partial charge in [0.25, 0.3) is 5.91 Å². The Kier molecular flexibility index (Phi) is 3.91. The van der Waals surface area contributed by atoms with Gasteiger partial charge in [0.1, 0.15) is 6.61 Å². The van der Waals surface area contributed by atoms with E-state index in [0.717, 1.165) is 10.5 Å². The molecule has 1 aromatic rings. The minimum atomic E-state index is -1.08. The van der Waals surface area contributed by atoms with Gasteiger partial charge in [-0.2, -0.15) is 0 Å². The molecule has 0 aromatic heterocycles. The summed E-state index contributed by atoms with van der Waals surface area (Å²) in [6.07, 6.45) is 0.181. The minimum absolute atomic E-state index is 0.0198. The van der Waals surface area contributed by atoms with Crippen LogP contribution in [0.15, 0.2) is 24.3 Å². The summed E-state index contributed by atoms with van der Waals surface area (Å²) in [6, 6.07) is 6.95. The number of fused-ring (bicyclic) bond motifs is 1. The summed E-state index contributed by atoms with van der Waals surface area (Å²) < 4.78 is 4.84. The van der Waals surface area contributed by atoms with Crippen molar-refractivity contribution in [3.63, 3.8) is 0 Å². The third kappa shape index (κ3) is 2.97. The number of hydrogen-bond acceptors (Lipinski definition) is 4. The first kappa shape index (κ1) is 13.2. The average molecular weight is 263 g/mol. The molecule has 0 saturated heterocycles. The van der Waals surface area contributed by atoms with Crippen LogP contribution in [0.1, 0.15) is 15.9 Å². The Morgan fingerprint density at radius 1 is 1.32 bits per heavy atom. The van der Waals surface area contributed by atoms with Crippen molar-refractivity contribution in [1.29, 1.82) is 0 Å². The van der Waals surface area contributed by atoms with Gasteiger partial charge >= 0.3 is 5.97 Å². The van der Waals surface area contributed by atoms with Crippen molar-refractivity contribution in [2.24, 2.45) is 0 Å². The van der Waals surface area contributed by atoms with E-state index in [9.17, 15) is 14.4 Å². The second kappa shape index (κ2) is 5.62. The van der Waals surface area contributed by atoms with Gasteiger partial charge in [-0.25, -0.2) is 4.79 Å². The molecule has 0 radical (unpaired) electrons. The monoisotopic (exact) mass is 263 g/mol. The van der Waals surface area contributed by atoms with Crippen LogP contribution in [0.25, 0.3) is 0 Å². The molecule has 1 N–H and O–H groups in total. The van der Waals surface area contributed by atoms with Crippen LogP contribution in [0.5, 0.6) is 0 Å². The lowest BCUT2D eigenvalue weighted by molar-refractivity contribution is -0.142. The molecule has 1 aliphatic heterocycles. The van der Waals surface area contributed by atoms with Crippen molar-refractivity contribution in [2.45, 2.75) is 6.42 Å². The Balaban J connectivity index is 2.01. The number of aliphatic carboxylic acids is 1. The fourth-order valence-corrected chi connectivity index (χ4v) is 1.94. The fraction of sp³-hybridized carbons (Fsp3) is 0.308. The maximum atomic E-state index is 12.1. The van der Waals surface area contributed by atoms with Crippen molar-refractivity contribution in [3.8, 4) is 0 Å².